The number of H-pyrrole nitrogens is 2. The molecule has 146 valence electrons. The van der Waals surface area contributed by atoms with Crippen LogP contribution in [0, 0.1) is 0 Å². The quantitative estimate of drug-likeness (QED) is 0.656. The molecule has 1 fully saturated rings. The molecular weight excluding hydrogens is 374 g/mol. The van der Waals surface area contributed by atoms with E-state index in [4.69, 9.17) is 0 Å². The van der Waals surface area contributed by atoms with Crippen molar-refractivity contribution in [1.82, 2.24) is 24.1 Å². The Bertz CT molecular complexity index is 1080. The third-order valence-electron chi connectivity index (χ3n) is 4.39. The molecule has 1 aliphatic rings. The molecule has 1 aromatic carbocycles. The van der Waals surface area contributed by atoms with Crippen LogP contribution in [0.3, 0.4) is 0 Å². The summed E-state index contributed by atoms with van der Waals surface area (Å²) in [5.41, 5.74) is -1.03. The van der Waals surface area contributed by atoms with Crippen LogP contribution in [0.1, 0.15) is 0 Å². The van der Waals surface area contributed by atoms with Crippen LogP contribution in [-0.2, 0) is 14.8 Å². The third kappa shape index (κ3) is 3.94. The van der Waals surface area contributed by atoms with Crippen LogP contribution in [-0.4, -0.2) is 85.2 Å². The highest BCUT2D eigenvalue weighted by atomic mass is 32.2. The largest absolute Gasteiger partial charge is 0.339 e. The van der Waals surface area contributed by atoms with Crippen LogP contribution in [0.2, 0.25) is 0 Å². The number of hydrogen-bond donors (Lipinski definition) is 2. The minimum absolute atomic E-state index is 0.0272. The summed E-state index contributed by atoms with van der Waals surface area (Å²) in [5.74, 6) is -0.0433. The first kappa shape index (κ1) is 19.3. The maximum Gasteiger partial charge on any atom is 0.326 e. The Hall–Kier alpha value is -2.50. The lowest BCUT2D eigenvalue weighted by Gasteiger charge is -2.34. The van der Waals surface area contributed by atoms with Crippen LogP contribution < -0.4 is 11.2 Å². The molecule has 2 heterocycles. The van der Waals surface area contributed by atoms with Crippen LogP contribution in [0.15, 0.2) is 32.7 Å². The predicted octanol–water partition coefficient (Wildman–Crippen LogP) is -1.39. The Labute approximate surface area is 155 Å². The lowest BCUT2D eigenvalue weighted by molar-refractivity contribution is -0.133. The van der Waals surface area contributed by atoms with Gasteiger partial charge in [0.15, 0.2) is 0 Å². The zero-order valence-electron chi connectivity index (χ0n) is 15.1. The summed E-state index contributed by atoms with van der Waals surface area (Å²) in [6, 6.07) is 4.01. The lowest BCUT2D eigenvalue weighted by Crippen LogP contribution is -2.52. The average molecular weight is 395 g/mol. The minimum Gasteiger partial charge on any atom is -0.339 e. The predicted molar refractivity (Wildman–Crippen MR) is 99.1 cm³/mol. The number of amides is 1. The van der Waals surface area contributed by atoms with Crippen molar-refractivity contribution in [3.05, 3.63) is 39.0 Å². The molecule has 1 aliphatic heterocycles. The van der Waals surface area contributed by atoms with Gasteiger partial charge in [0, 0.05) is 26.2 Å². The average Bonchev–Trinajstić information content (AvgIpc) is 2.60. The maximum atomic E-state index is 12.9. The summed E-state index contributed by atoms with van der Waals surface area (Å²) in [6.07, 6.45) is 0. The van der Waals surface area contributed by atoms with E-state index in [1.165, 1.54) is 22.5 Å². The molecule has 0 aliphatic carbocycles. The third-order valence-corrected chi connectivity index (χ3v) is 6.29. The van der Waals surface area contributed by atoms with E-state index in [2.05, 4.69) is 9.97 Å². The van der Waals surface area contributed by atoms with E-state index >= 15 is 0 Å². The number of sulfonamides is 1. The SMILES string of the molecule is CN(C)CC(=O)N1CCN(S(=O)(=O)c2ccc3[nH]c(=O)[nH]c(=O)c3c2)CC1. The van der Waals surface area contributed by atoms with E-state index in [-0.39, 0.29) is 41.3 Å². The van der Waals surface area contributed by atoms with Gasteiger partial charge in [-0.15, -0.1) is 0 Å². The second-order valence-electron chi connectivity index (χ2n) is 6.64. The summed E-state index contributed by atoms with van der Waals surface area (Å²) in [7, 11) is -0.215. The van der Waals surface area contributed by atoms with E-state index in [1.807, 2.05) is 0 Å². The summed E-state index contributed by atoms with van der Waals surface area (Å²) < 4.78 is 27.1. The number of nitrogens with zero attached hydrogens (tertiary/aromatic N) is 3. The molecule has 3 rings (SSSR count). The van der Waals surface area contributed by atoms with Gasteiger partial charge >= 0.3 is 5.69 Å². The molecule has 1 aromatic heterocycles. The number of rotatable bonds is 4. The number of hydrogen-bond acceptors (Lipinski definition) is 6. The van der Waals surface area contributed by atoms with Crippen molar-refractivity contribution in [3.8, 4) is 0 Å². The van der Waals surface area contributed by atoms with Crippen molar-refractivity contribution in [3.63, 3.8) is 0 Å². The number of aromatic nitrogens is 2. The topological polar surface area (TPSA) is 127 Å². The summed E-state index contributed by atoms with van der Waals surface area (Å²) in [5, 5.41) is 0.0930. The van der Waals surface area contributed by atoms with Gasteiger partial charge in [-0.25, -0.2) is 13.2 Å². The van der Waals surface area contributed by atoms with Crippen molar-refractivity contribution in [2.75, 3.05) is 46.8 Å². The zero-order valence-corrected chi connectivity index (χ0v) is 15.9. The van der Waals surface area contributed by atoms with E-state index in [0.29, 0.717) is 13.1 Å². The summed E-state index contributed by atoms with van der Waals surface area (Å²) in [6.45, 7) is 1.27. The first-order valence-corrected chi connectivity index (χ1v) is 9.81. The van der Waals surface area contributed by atoms with Gasteiger partial charge in [0.05, 0.1) is 22.3 Å². The fourth-order valence-corrected chi connectivity index (χ4v) is 4.45. The number of carbonyl (C=O) groups is 1. The van der Waals surface area contributed by atoms with Gasteiger partial charge in [-0.1, -0.05) is 0 Å². The molecular formula is C16H21N5O5S. The Kier molecular flexibility index (Phi) is 5.18. The first-order chi connectivity index (χ1) is 12.7. The highest BCUT2D eigenvalue weighted by Gasteiger charge is 2.30. The second kappa shape index (κ2) is 7.25. The highest BCUT2D eigenvalue weighted by Crippen LogP contribution is 2.20. The van der Waals surface area contributed by atoms with Gasteiger partial charge in [-0.05, 0) is 32.3 Å². The molecule has 0 unspecified atom stereocenters. The molecule has 2 N–H and O–H groups in total. The summed E-state index contributed by atoms with van der Waals surface area (Å²) in [4.78, 5) is 43.3. The van der Waals surface area contributed by atoms with Gasteiger partial charge in [0.1, 0.15) is 0 Å². The number of nitrogens with one attached hydrogen (secondary N) is 2. The van der Waals surface area contributed by atoms with Gasteiger partial charge in [-0.3, -0.25) is 14.6 Å². The molecule has 0 radical (unpaired) electrons. The van der Waals surface area contributed by atoms with E-state index in [0.717, 1.165) is 0 Å². The van der Waals surface area contributed by atoms with Gasteiger partial charge < -0.3 is 14.8 Å². The van der Waals surface area contributed by atoms with Crippen LogP contribution in [0.5, 0.6) is 0 Å². The number of aromatic amines is 2. The molecule has 2 aromatic rings. The molecule has 1 amide bonds. The van der Waals surface area contributed by atoms with Crippen molar-refractivity contribution in [2.45, 2.75) is 4.90 Å². The first-order valence-electron chi connectivity index (χ1n) is 8.37. The Morgan fingerprint density at radius 2 is 1.78 bits per heavy atom. The lowest BCUT2D eigenvalue weighted by atomic mass is 10.2. The molecule has 10 nitrogen and oxygen atoms in total. The molecule has 27 heavy (non-hydrogen) atoms. The number of benzene rings is 1. The standard InChI is InChI=1S/C16H21N5O5S/c1-19(2)10-14(22)20-5-7-21(8-6-20)27(25,26)11-3-4-13-12(9-11)15(23)18-16(24)17-13/h3-4,9H,5-8,10H2,1-2H3,(H2,17,18,23,24). The van der Waals surface area contributed by atoms with Crippen molar-refractivity contribution < 1.29 is 13.2 Å². The normalized spacial score (nSPS) is 16.2. The monoisotopic (exact) mass is 395 g/mol. The number of fused-ring (bicyclic) bond motifs is 1. The number of piperazine rings is 1. The molecule has 0 spiro atoms. The maximum absolute atomic E-state index is 12.9. The van der Waals surface area contributed by atoms with Gasteiger partial charge in [-0.2, -0.15) is 4.31 Å². The minimum atomic E-state index is -3.81. The van der Waals surface area contributed by atoms with Crippen LogP contribution >= 0.6 is 0 Å². The molecule has 1 saturated heterocycles. The summed E-state index contributed by atoms with van der Waals surface area (Å²) >= 11 is 0. The Morgan fingerprint density at radius 3 is 2.41 bits per heavy atom. The smallest absolute Gasteiger partial charge is 0.326 e. The fourth-order valence-electron chi connectivity index (χ4n) is 3.00. The Morgan fingerprint density at radius 1 is 1.11 bits per heavy atom. The zero-order chi connectivity index (χ0) is 19.8. The van der Waals surface area contributed by atoms with E-state index < -0.39 is 21.3 Å². The van der Waals surface area contributed by atoms with E-state index in [9.17, 15) is 22.8 Å². The van der Waals surface area contributed by atoms with Crippen molar-refractivity contribution in [2.24, 2.45) is 0 Å². The highest BCUT2D eigenvalue weighted by molar-refractivity contribution is 7.89. The number of likely N-dealkylation sites (N-methyl/N-ethyl adjacent to an activating group) is 1. The molecule has 0 bridgehead atoms. The van der Waals surface area contributed by atoms with Crippen LogP contribution in [0.4, 0.5) is 0 Å². The van der Waals surface area contributed by atoms with Gasteiger partial charge in [0.25, 0.3) is 5.56 Å². The fraction of sp³-hybridized carbons (Fsp3) is 0.438. The molecule has 0 atom stereocenters. The molecule has 0 saturated carbocycles. The number of carbonyl (C=O) groups excluding carboxylic acids is 1. The van der Waals surface area contributed by atoms with Crippen molar-refractivity contribution >= 4 is 26.8 Å². The van der Waals surface area contributed by atoms with E-state index in [1.54, 1.807) is 23.9 Å². The molecule has 11 heteroatoms. The Balaban J connectivity index is 1.81. The van der Waals surface area contributed by atoms with Crippen LogP contribution in [0.25, 0.3) is 10.9 Å². The van der Waals surface area contributed by atoms with Crippen molar-refractivity contribution in [1.29, 1.82) is 0 Å². The van der Waals surface area contributed by atoms with Gasteiger partial charge in [0.2, 0.25) is 15.9 Å². The second-order valence-corrected chi connectivity index (χ2v) is 8.58.